The highest BCUT2D eigenvalue weighted by Gasteiger charge is 1.97. The van der Waals surface area contributed by atoms with Crippen LogP contribution in [0.3, 0.4) is 0 Å². The third kappa shape index (κ3) is 5.80. The first kappa shape index (κ1) is 13.9. The SMILES string of the molecule is NCCSCc1cccc(CSCCN)c1. The van der Waals surface area contributed by atoms with Crippen LogP contribution in [0.1, 0.15) is 11.1 Å². The monoisotopic (exact) mass is 256 g/mol. The molecule has 0 bridgehead atoms. The Balaban J connectivity index is 2.37. The van der Waals surface area contributed by atoms with Crippen molar-refractivity contribution in [3.63, 3.8) is 0 Å². The van der Waals surface area contributed by atoms with Gasteiger partial charge >= 0.3 is 0 Å². The summed E-state index contributed by atoms with van der Waals surface area (Å²) in [5.41, 5.74) is 13.7. The van der Waals surface area contributed by atoms with E-state index in [-0.39, 0.29) is 0 Å². The lowest BCUT2D eigenvalue weighted by Gasteiger charge is -2.04. The minimum atomic E-state index is 0.761. The Labute approximate surface area is 107 Å². The molecular formula is C12H20N2S2. The number of hydrogen-bond donors (Lipinski definition) is 2. The summed E-state index contributed by atoms with van der Waals surface area (Å²) in [5, 5.41) is 0. The van der Waals surface area contributed by atoms with E-state index in [4.69, 9.17) is 11.5 Å². The highest BCUT2D eigenvalue weighted by atomic mass is 32.2. The molecule has 0 saturated heterocycles. The molecule has 0 unspecified atom stereocenters. The van der Waals surface area contributed by atoms with Crippen LogP contribution in [0.25, 0.3) is 0 Å². The topological polar surface area (TPSA) is 52.0 Å². The summed E-state index contributed by atoms with van der Waals surface area (Å²) < 4.78 is 0. The van der Waals surface area contributed by atoms with Gasteiger partial charge in [-0.2, -0.15) is 23.5 Å². The Morgan fingerprint density at radius 2 is 1.38 bits per heavy atom. The molecule has 0 aliphatic carbocycles. The number of thioether (sulfide) groups is 2. The fraction of sp³-hybridized carbons (Fsp3) is 0.500. The zero-order chi connectivity index (χ0) is 11.6. The van der Waals surface area contributed by atoms with E-state index in [0.29, 0.717) is 0 Å². The lowest BCUT2D eigenvalue weighted by Crippen LogP contribution is -2.02. The van der Waals surface area contributed by atoms with E-state index in [2.05, 4.69) is 24.3 Å². The van der Waals surface area contributed by atoms with Gasteiger partial charge in [0.25, 0.3) is 0 Å². The molecule has 0 heterocycles. The van der Waals surface area contributed by atoms with Crippen LogP contribution >= 0.6 is 23.5 Å². The maximum Gasteiger partial charge on any atom is 0.0185 e. The first-order valence-electron chi connectivity index (χ1n) is 5.50. The molecule has 0 fully saturated rings. The largest absolute Gasteiger partial charge is 0.330 e. The predicted molar refractivity (Wildman–Crippen MR) is 76.9 cm³/mol. The van der Waals surface area contributed by atoms with Crippen molar-refractivity contribution in [1.82, 2.24) is 0 Å². The van der Waals surface area contributed by atoms with Gasteiger partial charge in [-0.05, 0) is 11.1 Å². The Hall–Kier alpha value is -0.160. The fourth-order valence-corrected chi connectivity index (χ4v) is 2.81. The molecule has 2 nitrogen and oxygen atoms in total. The lowest BCUT2D eigenvalue weighted by atomic mass is 10.2. The molecule has 1 aromatic carbocycles. The van der Waals surface area contributed by atoms with E-state index in [1.165, 1.54) is 11.1 Å². The molecule has 0 spiro atoms. The summed E-state index contributed by atoms with van der Waals surface area (Å²) in [5.74, 6) is 4.19. The molecule has 0 radical (unpaired) electrons. The number of benzene rings is 1. The molecular weight excluding hydrogens is 236 g/mol. The fourth-order valence-electron chi connectivity index (χ4n) is 1.36. The Bertz CT molecular complexity index is 267. The Morgan fingerprint density at radius 3 is 1.81 bits per heavy atom. The van der Waals surface area contributed by atoms with Gasteiger partial charge < -0.3 is 11.5 Å². The van der Waals surface area contributed by atoms with E-state index < -0.39 is 0 Å². The van der Waals surface area contributed by atoms with Crippen molar-refractivity contribution >= 4 is 23.5 Å². The van der Waals surface area contributed by atoms with Gasteiger partial charge in [0.05, 0.1) is 0 Å². The standard InChI is InChI=1S/C12H20N2S2/c13-4-6-15-9-11-2-1-3-12(8-11)10-16-7-5-14/h1-3,8H,4-7,9-10,13-14H2. The Kier molecular flexibility index (Phi) is 7.76. The van der Waals surface area contributed by atoms with Crippen LogP contribution in [0.2, 0.25) is 0 Å². The van der Waals surface area contributed by atoms with Gasteiger partial charge in [-0.3, -0.25) is 0 Å². The molecule has 4 heteroatoms. The quantitative estimate of drug-likeness (QED) is 0.699. The van der Waals surface area contributed by atoms with Gasteiger partial charge in [0.1, 0.15) is 0 Å². The molecule has 0 aliphatic rings. The molecule has 0 aromatic heterocycles. The summed E-state index contributed by atoms with van der Waals surface area (Å²) in [7, 11) is 0. The molecule has 16 heavy (non-hydrogen) atoms. The highest BCUT2D eigenvalue weighted by molar-refractivity contribution is 7.98. The number of nitrogens with two attached hydrogens (primary N) is 2. The summed E-state index contributed by atoms with van der Waals surface area (Å²) in [6.07, 6.45) is 0. The lowest BCUT2D eigenvalue weighted by molar-refractivity contribution is 1.14. The van der Waals surface area contributed by atoms with Crippen molar-refractivity contribution in [3.8, 4) is 0 Å². The van der Waals surface area contributed by atoms with E-state index in [0.717, 1.165) is 36.1 Å². The van der Waals surface area contributed by atoms with Gasteiger partial charge in [0.15, 0.2) is 0 Å². The van der Waals surface area contributed by atoms with E-state index in [1.807, 2.05) is 23.5 Å². The second-order valence-electron chi connectivity index (χ2n) is 3.50. The van der Waals surface area contributed by atoms with Gasteiger partial charge in [0.2, 0.25) is 0 Å². The zero-order valence-corrected chi connectivity index (χ0v) is 11.2. The van der Waals surface area contributed by atoms with Gasteiger partial charge in [-0.25, -0.2) is 0 Å². The van der Waals surface area contributed by atoms with Crippen LogP contribution in [-0.4, -0.2) is 24.6 Å². The van der Waals surface area contributed by atoms with Crippen LogP contribution in [0.5, 0.6) is 0 Å². The van der Waals surface area contributed by atoms with E-state index >= 15 is 0 Å². The van der Waals surface area contributed by atoms with Crippen LogP contribution in [0.15, 0.2) is 24.3 Å². The molecule has 1 aromatic rings. The summed E-state index contributed by atoms with van der Waals surface area (Å²) in [6, 6.07) is 8.78. The molecule has 0 atom stereocenters. The van der Waals surface area contributed by atoms with Crippen molar-refractivity contribution in [1.29, 1.82) is 0 Å². The van der Waals surface area contributed by atoms with E-state index in [1.54, 1.807) is 0 Å². The van der Waals surface area contributed by atoms with Crippen molar-refractivity contribution in [2.24, 2.45) is 11.5 Å². The minimum absolute atomic E-state index is 0.761. The summed E-state index contributed by atoms with van der Waals surface area (Å²) in [4.78, 5) is 0. The first-order chi connectivity index (χ1) is 7.86. The summed E-state index contributed by atoms with van der Waals surface area (Å²) >= 11 is 3.78. The van der Waals surface area contributed by atoms with Gasteiger partial charge in [-0.1, -0.05) is 24.3 Å². The second kappa shape index (κ2) is 8.93. The normalized spacial score (nSPS) is 10.6. The highest BCUT2D eigenvalue weighted by Crippen LogP contribution is 2.16. The van der Waals surface area contributed by atoms with Crippen molar-refractivity contribution in [2.75, 3.05) is 24.6 Å². The van der Waals surface area contributed by atoms with Gasteiger partial charge in [-0.15, -0.1) is 0 Å². The molecule has 1 rings (SSSR count). The smallest absolute Gasteiger partial charge is 0.0185 e. The van der Waals surface area contributed by atoms with Crippen molar-refractivity contribution < 1.29 is 0 Å². The average Bonchev–Trinajstić information content (AvgIpc) is 2.30. The zero-order valence-electron chi connectivity index (χ0n) is 9.52. The van der Waals surface area contributed by atoms with Crippen molar-refractivity contribution in [2.45, 2.75) is 11.5 Å². The molecule has 0 amide bonds. The first-order valence-corrected chi connectivity index (χ1v) is 7.81. The maximum atomic E-state index is 5.47. The molecule has 0 saturated carbocycles. The van der Waals surface area contributed by atoms with E-state index in [9.17, 15) is 0 Å². The molecule has 4 N–H and O–H groups in total. The third-order valence-corrected chi connectivity index (χ3v) is 4.18. The Morgan fingerprint density at radius 1 is 0.875 bits per heavy atom. The van der Waals surface area contributed by atoms with Crippen LogP contribution in [-0.2, 0) is 11.5 Å². The van der Waals surface area contributed by atoms with Crippen molar-refractivity contribution in [3.05, 3.63) is 35.4 Å². The average molecular weight is 256 g/mol. The number of rotatable bonds is 8. The van der Waals surface area contributed by atoms with Crippen LogP contribution in [0, 0.1) is 0 Å². The number of hydrogen-bond acceptors (Lipinski definition) is 4. The summed E-state index contributed by atoms with van der Waals surface area (Å²) in [6.45, 7) is 1.52. The third-order valence-electron chi connectivity index (χ3n) is 2.05. The molecule has 90 valence electrons. The van der Waals surface area contributed by atoms with Crippen LogP contribution in [0.4, 0.5) is 0 Å². The van der Waals surface area contributed by atoms with Crippen LogP contribution < -0.4 is 11.5 Å². The predicted octanol–water partition coefficient (Wildman–Crippen LogP) is 2.07. The minimum Gasteiger partial charge on any atom is -0.330 e. The molecule has 0 aliphatic heterocycles. The second-order valence-corrected chi connectivity index (χ2v) is 5.71. The maximum absolute atomic E-state index is 5.47. The van der Waals surface area contributed by atoms with Gasteiger partial charge in [0, 0.05) is 36.1 Å².